The molecule has 102 valence electrons. The number of carbonyl (C=O) groups excluding carboxylic acids is 1. The van der Waals surface area contributed by atoms with E-state index in [0.29, 0.717) is 12.3 Å². The van der Waals surface area contributed by atoms with Gasteiger partial charge in [-0.15, -0.1) is 0 Å². The predicted octanol–water partition coefficient (Wildman–Crippen LogP) is 2.12. The van der Waals surface area contributed by atoms with Gasteiger partial charge in [-0.25, -0.2) is 0 Å². The van der Waals surface area contributed by atoms with Crippen LogP contribution in [-0.4, -0.2) is 36.3 Å². The van der Waals surface area contributed by atoms with E-state index in [1.807, 2.05) is 0 Å². The summed E-state index contributed by atoms with van der Waals surface area (Å²) in [6.45, 7) is 4.17. The summed E-state index contributed by atoms with van der Waals surface area (Å²) in [6.07, 6.45) is 3.43. The molecule has 0 spiro atoms. The third-order valence-electron chi connectivity index (χ3n) is 2.72. The fourth-order valence-electron chi connectivity index (χ4n) is 1.65. The highest BCUT2D eigenvalue weighted by Gasteiger charge is 2.46. The summed E-state index contributed by atoms with van der Waals surface area (Å²) in [5, 5.41) is 0. The van der Waals surface area contributed by atoms with Crippen LogP contribution in [0.25, 0.3) is 0 Å². The van der Waals surface area contributed by atoms with E-state index in [1.165, 1.54) is 21.3 Å². The summed E-state index contributed by atoms with van der Waals surface area (Å²) in [7, 11) is 1.01. The summed E-state index contributed by atoms with van der Waals surface area (Å²) < 4.78 is 20.3. The lowest BCUT2D eigenvalue weighted by molar-refractivity contribution is -0.144. The molecular weight excluding hydrogens is 240 g/mol. The molecule has 1 atom stereocenters. The maximum absolute atomic E-state index is 11.8. The number of hydrogen-bond acceptors (Lipinski definition) is 5. The highest BCUT2D eigenvalue weighted by Crippen LogP contribution is 2.18. The normalized spacial score (nSPS) is 13.5. The first-order valence-corrected chi connectivity index (χ1v) is 7.57. The van der Waals surface area contributed by atoms with Crippen molar-refractivity contribution in [1.29, 1.82) is 0 Å². The molecule has 6 heteroatoms. The Kier molecular flexibility index (Phi) is 8.41. The number of hydrogen-bond donors (Lipinski definition) is 0. The van der Waals surface area contributed by atoms with Gasteiger partial charge >= 0.3 is 9.05 Å². The Bertz CT molecular complexity index is 210. The SMILES string of the molecule is CCCC(CC)CC(=O)O[Si](OC)(OC)OC. The minimum absolute atomic E-state index is 0.317. The smallest absolute Gasteiger partial charge is 0.452 e. The van der Waals surface area contributed by atoms with Gasteiger partial charge in [-0.2, -0.15) is 0 Å². The van der Waals surface area contributed by atoms with E-state index in [1.54, 1.807) is 0 Å². The van der Waals surface area contributed by atoms with E-state index >= 15 is 0 Å². The molecule has 0 bridgehead atoms. The van der Waals surface area contributed by atoms with E-state index in [4.69, 9.17) is 17.7 Å². The molecule has 0 N–H and O–H groups in total. The third kappa shape index (κ3) is 5.63. The summed E-state index contributed by atoms with van der Waals surface area (Å²) in [6, 6.07) is 0. The van der Waals surface area contributed by atoms with E-state index in [0.717, 1.165) is 19.3 Å². The molecule has 5 nitrogen and oxygen atoms in total. The fourth-order valence-corrected chi connectivity index (χ4v) is 2.76. The van der Waals surface area contributed by atoms with Gasteiger partial charge in [0.2, 0.25) is 0 Å². The van der Waals surface area contributed by atoms with E-state index in [-0.39, 0.29) is 5.97 Å². The van der Waals surface area contributed by atoms with Gasteiger partial charge in [-0.05, 0) is 5.92 Å². The van der Waals surface area contributed by atoms with Crippen LogP contribution < -0.4 is 0 Å². The standard InChI is InChI=1S/C11H24O5Si/c1-6-8-10(7-2)9-11(12)16-17(13-3,14-4)15-5/h10H,6-9H2,1-5H3. The number of carbonyl (C=O) groups is 1. The van der Waals surface area contributed by atoms with Crippen LogP contribution in [0, 0.1) is 5.92 Å². The van der Waals surface area contributed by atoms with Crippen molar-refractivity contribution in [2.24, 2.45) is 5.92 Å². The quantitative estimate of drug-likeness (QED) is 0.597. The molecule has 0 radical (unpaired) electrons. The first-order chi connectivity index (χ1) is 8.07. The Morgan fingerprint density at radius 3 is 2.00 bits per heavy atom. The Morgan fingerprint density at radius 1 is 1.12 bits per heavy atom. The van der Waals surface area contributed by atoms with Crippen molar-refractivity contribution in [1.82, 2.24) is 0 Å². The Balaban J connectivity index is 4.31. The van der Waals surface area contributed by atoms with Gasteiger partial charge in [0.1, 0.15) is 0 Å². The van der Waals surface area contributed by atoms with Crippen molar-refractivity contribution in [2.45, 2.75) is 39.5 Å². The zero-order valence-electron chi connectivity index (χ0n) is 11.4. The molecule has 0 aromatic rings. The fraction of sp³-hybridized carbons (Fsp3) is 0.909. The third-order valence-corrected chi connectivity index (χ3v) is 4.70. The molecule has 0 saturated heterocycles. The van der Waals surface area contributed by atoms with Gasteiger partial charge in [0.15, 0.2) is 0 Å². The van der Waals surface area contributed by atoms with Gasteiger partial charge in [0.25, 0.3) is 5.97 Å². The molecule has 0 amide bonds. The average molecular weight is 264 g/mol. The van der Waals surface area contributed by atoms with Crippen LogP contribution in [0.1, 0.15) is 39.5 Å². The summed E-state index contributed by atoms with van der Waals surface area (Å²) in [4.78, 5) is 11.8. The van der Waals surface area contributed by atoms with Crippen molar-refractivity contribution >= 4 is 15.0 Å². The largest absolute Gasteiger partial charge is 0.750 e. The van der Waals surface area contributed by atoms with Crippen molar-refractivity contribution in [3.8, 4) is 0 Å². The molecular formula is C11H24O5Si. The second-order valence-electron chi connectivity index (χ2n) is 3.85. The molecule has 0 aliphatic rings. The maximum Gasteiger partial charge on any atom is 0.750 e. The Hall–Kier alpha value is -0.433. The topological polar surface area (TPSA) is 54.0 Å². The van der Waals surface area contributed by atoms with Crippen molar-refractivity contribution in [2.75, 3.05) is 21.3 Å². The summed E-state index contributed by atoms with van der Waals surface area (Å²) in [5.41, 5.74) is 0. The molecule has 0 aromatic carbocycles. The van der Waals surface area contributed by atoms with E-state index in [2.05, 4.69) is 13.8 Å². The zero-order chi connectivity index (χ0) is 13.3. The van der Waals surface area contributed by atoms with Gasteiger partial charge in [0.05, 0.1) is 0 Å². The summed E-state index contributed by atoms with van der Waals surface area (Å²) >= 11 is 0. The Morgan fingerprint density at radius 2 is 1.65 bits per heavy atom. The van der Waals surface area contributed by atoms with Crippen LogP contribution in [0.3, 0.4) is 0 Å². The lowest BCUT2D eigenvalue weighted by Crippen LogP contribution is -2.48. The van der Waals surface area contributed by atoms with Crippen LogP contribution >= 0.6 is 0 Å². The van der Waals surface area contributed by atoms with Gasteiger partial charge < -0.3 is 17.7 Å². The van der Waals surface area contributed by atoms with Crippen molar-refractivity contribution in [3.63, 3.8) is 0 Å². The van der Waals surface area contributed by atoms with Crippen LogP contribution in [0.5, 0.6) is 0 Å². The van der Waals surface area contributed by atoms with Gasteiger partial charge in [-0.1, -0.05) is 33.1 Å². The minimum atomic E-state index is -3.23. The first kappa shape index (κ1) is 16.6. The van der Waals surface area contributed by atoms with Crippen LogP contribution in [-0.2, 0) is 22.5 Å². The van der Waals surface area contributed by atoms with Crippen molar-refractivity contribution < 1.29 is 22.5 Å². The average Bonchev–Trinajstić information content (AvgIpc) is 2.35. The van der Waals surface area contributed by atoms with Crippen molar-refractivity contribution in [3.05, 3.63) is 0 Å². The molecule has 0 aliphatic carbocycles. The van der Waals surface area contributed by atoms with E-state index in [9.17, 15) is 4.79 Å². The second-order valence-corrected chi connectivity index (χ2v) is 6.28. The van der Waals surface area contributed by atoms with E-state index < -0.39 is 9.05 Å². The van der Waals surface area contributed by atoms with Gasteiger partial charge in [-0.3, -0.25) is 4.79 Å². The molecule has 1 unspecified atom stereocenters. The lowest BCUT2D eigenvalue weighted by Gasteiger charge is -2.23. The van der Waals surface area contributed by atoms with Gasteiger partial charge in [0, 0.05) is 27.8 Å². The molecule has 0 rings (SSSR count). The predicted molar refractivity (Wildman–Crippen MR) is 66.2 cm³/mol. The Labute approximate surface area is 105 Å². The zero-order valence-corrected chi connectivity index (χ0v) is 12.4. The number of rotatable bonds is 9. The molecule has 0 aliphatic heterocycles. The summed E-state index contributed by atoms with van der Waals surface area (Å²) in [5.74, 6) is 0.0345. The monoisotopic (exact) mass is 264 g/mol. The van der Waals surface area contributed by atoms with Crippen LogP contribution in [0.2, 0.25) is 0 Å². The molecule has 0 heterocycles. The molecule has 17 heavy (non-hydrogen) atoms. The lowest BCUT2D eigenvalue weighted by atomic mass is 9.97. The van der Waals surface area contributed by atoms with Crippen LogP contribution in [0.4, 0.5) is 0 Å². The maximum atomic E-state index is 11.8. The molecule has 0 aromatic heterocycles. The first-order valence-electron chi connectivity index (χ1n) is 5.94. The highest BCUT2D eigenvalue weighted by atomic mass is 28.4. The highest BCUT2D eigenvalue weighted by molar-refractivity contribution is 6.55. The minimum Gasteiger partial charge on any atom is -0.452 e. The molecule has 0 fully saturated rings. The molecule has 0 saturated carbocycles. The second kappa shape index (κ2) is 8.63. The van der Waals surface area contributed by atoms with Crippen LogP contribution in [0.15, 0.2) is 0 Å².